The minimum Gasteiger partial charge on any atom is -0.373 e. The predicted molar refractivity (Wildman–Crippen MR) is 75.2 cm³/mol. The van der Waals surface area contributed by atoms with Crippen molar-refractivity contribution in [3.05, 3.63) is 46.8 Å². The standard InChI is InChI=1S/C14H11N3OS/c15-8-10-5-6-19-14(10)17-13(18)12-7-9-3-1-2-4-11(9)16-12/h1-6,12,16H,7H2,(H,17,18)/t12-/m0/s1. The van der Waals surface area contributed by atoms with Gasteiger partial charge in [-0.2, -0.15) is 5.26 Å². The number of carbonyl (C=O) groups excluding carboxylic acids is 1. The second-order valence-corrected chi connectivity index (χ2v) is 5.24. The van der Waals surface area contributed by atoms with Crippen LogP contribution < -0.4 is 10.6 Å². The molecule has 0 saturated heterocycles. The molecule has 2 aromatic rings. The summed E-state index contributed by atoms with van der Waals surface area (Å²) >= 11 is 1.36. The van der Waals surface area contributed by atoms with Crippen LogP contribution in [0.1, 0.15) is 11.1 Å². The maximum Gasteiger partial charge on any atom is 0.247 e. The number of hydrogen-bond donors (Lipinski definition) is 2. The summed E-state index contributed by atoms with van der Waals surface area (Å²) in [5, 5.41) is 17.3. The molecule has 0 fully saturated rings. The van der Waals surface area contributed by atoms with Gasteiger partial charge in [0.2, 0.25) is 5.91 Å². The number of anilines is 2. The predicted octanol–water partition coefficient (Wildman–Crippen LogP) is 2.60. The van der Waals surface area contributed by atoms with Crippen molar-refractivity contribution in [2.45, 2.75) is 12.5 Å². The second-order valence-electron chi connectivity index (χ2n) is 4.32. The fraction of sp³-hybridized carbons (Fsp3) is 0.143. The number of para-hydroxylation sites is 1. The molecule has 1 atom stereocenters. The molecule has 1 amide bonds. The zero-order valence-corrected chi connectivity index (χ0v) is 10.8. The molecule has 1 aliphatic rings. The maximum absolute atomic E-state index is 12.2. The summed E-state index contributed by atoms with van der Waals surface area (Å²) < 4.78 is 0. The lowest BCUT2D eigenvalue weighted by Gasteiger charge is -2.10. The molecule has 0 saturated carbocycles. The molecule has 94 valence electrons. The maximum atomic E-state index is 12.2. The zero-order valence-electron chi connectivity index (χ0n) is 10.0. The van der Waals surface area contributed by atoms with Crippen molar-refractivity contribution in [3.63, 3.8) is 0 Å². The smallest absolute Gasteiger partial charge is 0.247 e. The van der Waals surface area contributed by atoms with Crippen molar-refractivity contribution in [3.8, 4) is 6.07 Å². The Hall–Kier alpha value is -2.32. The fourth-order valence-corrected chi connectivity index (χ4v) is 2.89. The van der Waals surface area contributed by atoms with Crippen LogP contribution in [0.3, 0.4) is 0 Å². The van der Waals surface area contributed by atoms with Crippen molar-refractivity contribution in [1.29, 1.82) is 5.26 Å². The van der Waals surface area contributed by atoms with E-state index in [4.69, 9.17) is 5.26 Å². The SMILES string of the molecule is N#Cc1ccsc1NC(=O)[C@@H]1Cc2ccccc2N1. The molecule has 0 aliphatic carbocycles. The molecule has 1 aliphatic heterocycles. The van der Waals surface area contributed by atoms with Crippen LogP contribution in [0.2, 0.25) is 0 Å². The van der Waals surface area contributed by atoms with E-state index in [2.05, 4.69) is 16.7 Å². The monoisotopic (exact) mass is 269 g/mol. The highest BCUT2D eigenvalue weighted by Gasteiger charge is 2.26. The Kier molecular flexibility index (Phi) is 2.94. The topological polar surface area (TPSA) is 64.9 Å². The van der Waals surface area contributed by atoms with E-state index in [0.29, 0.717) is 17.0 Å². The number of fused-ring (bicyclic) bond motifs is 1. The average Bonchev–Trinajstić information content (AvgIpc) is 3.03. The molecule has 19 heavy (non-hydrogen) atoms. The summed E-state index contributed by atoms with van der Waals surface area (Å²) in [6, 6.07) is 11.4. The van der Waals surface area contributed by atoms with E-state index in [9.17, 15) is 4.79 Å². The summed E-state index contributed by atoms with van der Waals surface area (Å²) in [7, 11) is 0. The molecule has 4 nitrogen and oxygen atoms in total. The first-order chi connectivity index (χ1) is 9.28. The molecule has 0 unspecified atom stereocenters. The van der Waals surface area contributed by atoms with Crippen molar-refractivity contribution in [2.24, 2.45) is 0 Å². The first kappa shape index (κ1) is 11.8. The Morgan fingerprint density at radius 3 is 3.05 bits per heavy atom. The van der Waals surface area contributed by atoms with Crippen molar-refractivity contribution in [2.75, 3.05) is 10.6 Å². The molecular formula is C14H11N3OS. The lowest BCUT2D eigenvalue weighted by Crippen LogP contribution is -2.32. The molecule has 1 aromatic heterocycles. The number of nitrogens with one attached hydrogen (secondary N) is 2. The van der Waals surface area contributed by atoms with E-state index in [1.807, 2.05) is 24.3 Å². The number of nitrogens with zero attached hydrogens (tertiary/aromatic N) is 1. The molecule has 1 aromatic carbocycles. The van der Waals surface area contributed by atoms with Gasteiger partial charge < -0.3 is 10.6 Å². The Morgan fingerprint density at radius 2 is 2.26 bits per heavy atom. The summed E-state index contributed by atoms with van der Waals surface area (Å²) in [5.74, 6) is -0.102. The van der Waals surface area contributed by atoms with E-state index in [-0.39, 0.29) is 11.9 Å². The van der Waals surface area contributed by atoms with Gasteiger partial charge in [0.05, 0.1) is 5.56 Å². The molecule has 2 heterocycles. The molecule has 5 heteroatoms. The normalized spacial score (nSPS) is 16.3. The van der Waals surface area contributed by atoms with Crippen LogP contribution in [-0.4, -0.2) is 11.9 Å². The van der Waals surface area contributed by atoms with E-state index in [0.717, 1.165) is 11.3 Å². The third-order valence-corrected chi connectivity index (χ3v) is 3.94. The van der Waals surface area contributed by atoms with Crippen molar-refractivity contribution < 1.29 is 4.79 Å². The summed E-state index contributed by atoms with van der Waals surface area (Å²) in [6.07, 6.45) is 0.676. The van der Waals surface area contributed by atoms with E-state index in [1.54, 1.807) is 11.4 Å². The first-order valence-electron chi connectivity index (χ1n) is 5.91. The lowest BCUT2D eigenvalue weighted by atomic mass is 10.1. The van der Waals surface area contributed by atoms with Gasteiger partial charge in [0.25, 0.3) is 0 Å². The summed E-state index contributed by atoms with van der Waals surface area (Å²) in [6.45, 7) is 0. The van der Waals surface area contributed by atoms with Crippen molar-refractivity contribution in [1.82, 2.24) is 0 Å². The Labute approximate surface area is 114 Å². The number of carbonyl (C=O) groups is 1. The number of hydrogen-bond acceptors (Lipinski definition) is 4. The molecule has 3 rings (SSSR count). The van der Waals surface area contributed by atoms with Gasteiger partial charge in [-0.05, 0) is 23.1 Å². The third-order valence-electron chi connectivity index (χ3n) is 3.11. The molecule has 0 radical (unpaired) electrons. The Balaban J connectivity index is 1.72. The Bertz CT molecular complexity index is 646. The van der Waals surface area contributed by atoms with Crippen molar-refractivity contribution >= 4 is 27.9 Å². The van der Waals surface area contributed by atoms with Gasteiger partial charge in [-0.3, -0.25) is 4.79 Å². The number of benzene rings is 1. The summed E-state index contributed by atoms with van der Waals surface area (Å²) in [5.41, 5.74) is 2.66. The third kappa shape index (κ3) is 2.18. The first-order valence-corrected chi connectivity index (χ1v) is 6.79. The van der Waals surface area contributed by atoms with Crippen LogP contribution in [0.15, 0.2) is 35.7 Å². The van der Waals surface area contributed by atoms with E-state index >= 15 is 0 Å². The van der Waals surface area contributed by atoms with Crippen LogP contribution in [0, 0.1) is 11.3 Å². The number of thiophene rings is 1. The number of rotatable bonds is 2. The zero-order chi connectivity index (χ0) is 13.2. The lowest BCUT2D eigenvalue weighted by molar-refractivity contribution is -0.116. The second kappa shape index (κ2) is 4.75. The highest BCUT2D eigenvalue weighted by atomic mass is 32.1. The van der Waals surface area contributed by atoms with Crippen LogP contribution in [0.5, 0.6) is 0 Å². The summed E-state index contributed by atoms with van der Waals surface area (Å²) in [4.78, 5) is 12.2. The minimum atomic E-state index is -0.272. The number of nitriles is 1. The molecular weight excluding hydrogens is 258 g/mol. The quantitative estimate of drug-likeness (QED) is 0.880. The van der Waals surface area contributed by atoms with Gasteiger partial charge in [-0.15, -0.1) is 11.3 Å². The van der Waals surface area contributed by atoms with E-state index < -0.39 is 0 Å². The number of amides is 1. The van der Waals surface area contributed by atoms with Crippen LogP contribution in [-0.2, 0) is 11.2 Å². The van der Waals surface area contributed by atoms with Gasteiger partial charge in [0.15, 0.2) is 0 Å². The molecule has 0 spiro atoms. The van der Waals surface area contributed by atoms with Crippen LogP contribution >= 0.6 is 11.3 Å². The van der Waals surface area contributed by atoms with Crippen LogP contribution in [0.25, 0.3) is 0 Å². The highest BCUT2D eigenvalue weighted by molar-refractivity contribution is 7.14. The Morgan fingerprint density at radius 1 is 1.42 bits per heavy atom. The van der Waals surface area contributed by atoms with Gasteiger partial charge in [0.1, 0.15) is 17.1 Å². The molecule has 2 N–H and O–H groups in total. The molecule has 0 bridgehead atoms. The van der Waals surface area contributed by atoms with Gasteiger partial charge in [0, 0.05) is 12.1 Å². The van der Waals surface area contributed by atoms with Gasteiger partial charge in [-0.25, -0.2) is 0 Å². The minimum absolute atomic E-state index is 0.102. The van der Waals surface area contributed by atoms with E-state index in [1.165, 1.54) is 11.3 Å². The average molecular weight is 269 g/mol. The van der Waals surface area contributed by atoms with Gasteiger partial charge >= 0.3 is 0 Å². The van der Waals surface area contributed by atoms with Gasteiger partial charge in [-0.1, -0.05) is 18.2 Å². The van der Waals surface area contributed by atoms with Crippen LogP contribution in [0.4, 0.5) is 10.7 Å². The highest BCUT2D eigenvalue weighted by Crippen LogP contribution is 2.27. The fourth-order valence-electron chi connectivity index (χ4n) is 2.15. The largest absolute Gasteiger partial charge is 0.373 e.